The molecule has 0 heterocycles. The predicted molar refractivity (Wildman–Crippen MR) is 25.4 cm³/mol. The fourth-order valence-corrected chi connectivity index (χ4v) is 0.972. The minimum atomic E-state index is 0.111. The highest BCUT2D eigenvalue weighted by molar-refractivity contribution is 4.89. The van der Waals surface area contributed by atoms with Crippen molar-refractivity contribution < 1.29 is 1.37 Å². The SMILES string of the molecule is [2H]C1(C2CC2)CC1. The summed E-state index contributed by atoms with van der Waals surface area (Å²) < 4.78 is 7.56. The molecule has 2 fully saturated rings. The standard InChI is InChI=1S/C6H10/c1-2-5(1)6-3-4-6/h5-6H,1-4H2/i5D. The minimum Gasteiger partial charge on any atom is -0.0499 e. The van der Waals surface area contributed by atoms with Crippen molar-refractivity contribution in [1.29, 1.82) is 0 Å². The lowest BCUT2D eigenvalue weighted by molar-refractivity contribution is 0.716. The molecule has 6 heavy (non-hydrogen) atoms. The van der Waals surface area contributed by atoms with E-state index in [0.717, 1.165) is 5.92 Å². The van der Waals surface area contributed by atoms with Gasteiger partial charge in [-0.05, 0) is 37.5 Å². The van der Waals surface area contributed by atoms with Crippen molar-refractivity contribution in [2.45, 2.75) is 25.7 Å². The van der Waals surface area contributed by atoms with E-state index in [2.05, 4.69) is 0 Å². The maximum Gasteiger partial charge on any atom is 0.0306 e. The van der Waals surface area contributed by atoms with Gasteiger partial charge in [0.25, 0.3) is 0 Å². The van der Waals surface area contributed by atoms with Gasteiger partial charge in [-0.2, -0.15) is 0 Å². The van der Waals surface area contributed by atoms with Gasteiger partial charge in [-0.25, -0.2) is 0 Å². The van der Waals surface area contributed by atoms with Crippen LogP contribution >= 0.6 is 0 Å². The average molecular weight is 83.2 g/mol. The van der Waals surface area contributed by atoms with E-state index in [0.29, 0.717) is 0 Å². The van der Waals surface area contributed by atoms with Crippen LogP contribution in [-0.4, -0.2) is 0 Å². The second-order valence-electron chi connectivity index (χ2n) is 2.43. The first kappa shape index (κ1) is 2.34. The summed E-state index contributed by atoms with van der Waals surface area (Å²) in [5.74, 6) is 0.937. The van der Waals surface area contributed by atoms with E-state index in [1.54, 1.807) is 0 Å². The number of hydrogen-bond acceptors (Lipinski definition) is 0. The molecule has 2 rings (SSSR count). The van der Waals surface area contributed by atoms with Gasteiger partial charge in [-0.15, -0.1) is 0 Å². The van der Waals surface area contributed by atoms with Crippen LogP contribution in [0.1, 0.15) is 27.1 Å². The zero-order valence-electron chi connectivity index (χ0n) is 4.91. The first-order chi connectivity index (χ1) is 3.31. The third-order valence-corrected chi connectivity index (χ3v) is 1.69. The largest absolute Gasteiger partial charge is 0.0499 e. The van der Waals surface area contributed by atoms with Crippen LogP contribution in [0, 0.1) is 11.8 Å². The van der Waals surface area contributed by atoms with E-state index < -0.39 is 0 Å². The summed E-state index contributed by atoms with van der Waals surface area (Å²) in [6.45, 7) is 0. The lowest BCUT2D eigenvalue weighted by Crippen LogP contribution is -1.70. The summed E-state index contributed by atoms with van der Waals surface area (Å²) in [6.07, 6.45) is 5.09. The van der Waals surface area contributed by atoms with E-state index in [-0.39, 0.29) is 5.89 Å². The van der Waals surface area contributed by atoms with Crippen LogP contribution in [0.4, 0.5) is 0 Å². The average Bonchev–Trinajstić information content (AvgIpc) is 2.14. The van der Waals surface area contributed by atoms with Crippen LogP contribution in [0.5, 0.6) is 0 Å². The molecule has 2 saturated carbocycles. The Labute approximate surface area is 40.0 Å². The van der Waals surface area contributed by atoms with Crippen molar-refractivity contribution in [3.8, 4) is 0 Å². The summed E-state index contributed by atoms with van der Waals surface area (Å²) >= 11 is 0. The monoisotopic (exact) mass is 83.1 g/mol. The minimum absolute atomic E-state index is 0.111. The Morgan fingerprint density at radius 1 is 1.17 bits per heavy atom. The fraction of sp³-hybridized carbons (Fsp3) is 1.00. The van der Waals surface area contributed by atoms with Crippen LogP contribution in [0.15, 0.2) is 0 Å². The number of hydrogen-bond donors (Lipinski definition) is 0. The highest BCUT2D eigenvalue weighted by Gasteiger charge is 2.37. The smallest absolute Gasteiger partial charge is 0.0306 e. The Hall–Kier alpha value is 0. The second kappa shape index (κ2) is 0.800. The first-order valence-electron chi connectivity index (χ1n) is 3.31. The molecule has 0 bridgehead atoms. The molecule has 0 unspecified atom stereocenters. The molecule has 0 N–H and O–H groups in total. The summed E-state index contributed by atoms with van der Waals surface area (Å²) in [5.41, 5.74) is 0. The molecule has 0 nitrogen and oxygen atoms in total. The highest BCUT2D eigenvalue weighted by Crippen LogP contribution is 2.49. The van der Waals surface area contributed by atoms with E-state index in [9.17, 15) is 0 Å². The molecule has 0 aromatic heterocycles. The molecule has 0 aliphatic heterocycles. The van der Waals surface area contributed by atoms with Crippen molar-refractivity contribution in [3.63, 3.8) is 0 Å². The normalized spacial score (nSPS) is 41.7. The summed E-state index contributed by atoms with van der Waals surface area (Å²) in [4.78, 5) is 0. The zero-order chi connectivity index (χ0) is 4.91. The van der Waals surface area contributed by atoms with E-state index in [4.69, 9.17) is 1.37 Å². The van der Waals surface area contributed by atoms with Crippen molar-refractivity contribution >= 4 is 0 Å². The Bertz CT molecular complexity index is 90.4. The van der Waals surface area contributed by atoms with Crippen LogP contribution in [-0.2, 0) is 0 Å². The molecule has 0 atom stereocenters. The first-order valence-corrected chi connectivity index (χ1v) is 2.81. The van der Waals surface area contributed by atoms with Gasteiger partial charge in [0, 0.05) is 1.37 Å². The molecule has 0 aromatic rings. The van der Waals surface area contributed by atoms with Gasteiger partial charge in [0.15, 0.2) is 0 Å². The van der Waals surface area contributed by atoms with Crippen LogP contribution in [0.25, 0.3) is 0 Å². The topological polar surface area (TPSA) is 0 Å². The molecule has 0 saturated heterocycles. The van der Waals surface area contributed by atoms with Gasteiger partial charge in [0.05, 0.1) is 0 Å². The summed E-state index contributed by atoms with van der Waals surface area (Å²) in [7, 11) is 0. The number of rotatable bonds is 1. The Morgan fingerprint density at radius 3 is 2.00 bits per heavy atom. The van der Waals surface area contributed by atoms with Gasteiger partial charge in [0.2, 0.25) is 0 Å². The second-order valence-corrected chi connectivity index (χ2v) is 2.43. The van der Waals surface area contributed by atoms with Crippen molar-refractivity contribution in [2.75, 3.05) is 0 Å². The lowest BCUT2D eigenvalue weighted by Gasteiger charge is -1.77. The summed E-state index contributed by atoms with van der Waals surface area (Å²) in [6, 6.07) is 0. The van der Waals surface area contributed by atoms with E-state index in [1.807, 2.05) is 0 Å². The Kier molecular flexibility index (Phi) is 0.312. The molecule has 0 aromatic carbocycles. The van der Waals surface area contributed by atoms with Gasteiger partial charge in [0.1, 0.15) is 0 Å². The molecular weight excluding hydrogens is 72.1 g/mol. The fourth-order valence-electron chi connectivity index (χ4n) is 0.972. The van der Waals surface area contributed by atoms with Crippen molar-refractivity contribution in [3.05, 3.63) is 0 Å². The molecular formula is C6H10. The molecule has 0 amide bonds. The van der Waals surface area contributed by atoms with Crippen molar-refractivity contribution in [2.24, 2.45) is 11.8 Å². The molecule has 0 heteroatoms. The maximum atomic E-state index is 7.56. The summed E-state index contributed by atoms with van der Waals surface area (Å²) in [5, 5.41) is 0. The Balaban J connectivity index is 2.04. The molecule has 0 radical (unpaired) electrons. The van der Waals surface area contributed by atoms with Crippen LogP contribution in [0.3, 0.4) is 0 Å². The third-order valence-electron chi connectivity index (χ3n) is 1.69. The quantitative estimate of drug-likeness (QED) is 0.453. The van der Waals surface area contributed by atoms with Crippen LogP contribution < -0.4 is 0 Å². The van der Waals surface area contributed by atoms with Crippen molar-refractivity contribution in [1.82, 2.24) is 0 Å². The van der Waals surface area contributed by atoms with Gasteiger partial charge in [-0.3, -0.25) is 0 Å². The van der Waals surface area contributed by atoms with Crippen LogP contribution in [0.2, 0.25) is 0 Å². The van der Waals surface area contributed by atoms with Gasteiger partial charge >= 0.3 is 0 Å². The predicted octanol–water partition coefficient (Wildman–Crippen LogP) is 1.81. The lowest BCUT2D eigenvalue weighted by atomic mass is 10.3. The highest BCUT2D eigenvalue weighted by atomic mass is 14.4. The zero-order valence-corrected chi connectivity index (χ0v) is 3.91. The third kappa shape index (κ3) is 0.360. The molecule has 2 aliphatic carbocycles. The molecule has 34 valence electrons. The Morgan fingerprint density at radius 2 is 1.83 bits per heavy atom. The van der Waals surface area contributed by atoms with E-state index >= 15 is 0 Å². The molecule has 0 spiro atoms. The molecule has 2 aliphatic rings. The maximum absolute atomic E-state index is 7.56. The van der Waals surface area contributed by atoms with Gasteiger partial charge in [-0.1, -0.05) is 0 Å². The van der Waals surface area contributed by atoms with E-state index in [1.165, 1.54) is 25.7 Å². The van der Waals surface area contributed by atoms with Gasteiger partial charge < -0.3 is 0 Å².